The zero-order valence-electron chi connectivity index (χ0n) is 18.8. The molecule has 0 radical (unpaired) electrons. The quantitative estimate of drug-likeness (QED) is 0.527. The van der Waals surface area contributed by atoms with Gasteiger partial charge in [-0.25, -0.2) is 0 Å². The first-order valence-electron chi connectivity index (χ1n) is 11.3. The Balaban J connectivity index is 1.80. The van der Waals surface area contributed by atoms with E-state index in [4.69, 9.17) is 23.2 Å². The molecule has 0 bridgehead atoms. The maximum Gasteiger partial charge on any atom is 0.230 e. The van der Waals surface area contributed by atoms with Crippen LogP contribution in [-0.2, 0) is 9.59 Å². The second-order valence-corrected chi connectivity index (χ2v) is 9.60. The van der Waals surface area contributed by atoms with E-state index in [2.05, 4.69) is 5.32 Å². The van der Waals surface area contributed by atoms with Crippen molar-refractivity contribution in [3.63, 3.8) is 0 Å². The third-order valence-corrected chi connectivity index (χ3v) is 7.21. The van der Waals surface area contributed by atoms with Crippen LogP contribution in [0, 0.1) is 24.7 Å². The van der Waals surface area contributed by atoms with Gasteiger partial charge in [0.15, 0.2) is 0 Å². The van der Waals surface area contributed by atoms with Crippen LogP contribution in [0.2, 0.25) is 5.02 Å². The second-order valence-electron chi connectivity index (χ2n) is 8.73. The van der Waals surface area contributed by atoms with Gasteiger partial charge in [0, 0.05) is 28.7 Å². The number of likely N-dealkylation sites (tertiary alicyclic amines) is 1. The number of carbonyl (C=O) groups excluding carboxylic acids is 2. The Kier molecular flexibility index (Phi) is 7.26. The summed E-state index contributed by atoms with van der Waals surface area (Å²) in [6.45, 7) is 4.53. The van der Waals surface area contributed by atoms with Crippen molar-refractivity contribution < 1.29 is 9.59 Å². The third-order valence-electron chi connectivity index (χ3n) is 6.72. The highest BCUT2D eigenvalue weighted by atomic mass is 35.5. The molecule has 1 fully saturated rings. The number of hydrogen-bond acceptors (Lipinski definition) is 2. The highest BCUT2D eigenvalue weighted by Gasteiger charge is 2.48. The molecule has 0 aromatic heterocycles. The molecule has 4 nitrogen and oxygen atoms in total. The van der Waals surface area contributed by atoms with Crippen molar-refractivity contribution in [3.8, 4) is 0 Å². The van der Waals surface area contributed by atoms with Gasteiger partial charge in [0.05, 0.1) is 12.0 Å². The van der Waals surface area contributed by atoms with Crippen molar-refractivity contribution in [3.05, 3.63) is 87.9 Å². The van der Waals surface area contributed by atoms with Crippen LogP contribution in [0.15, 0.2) is 71.8 Å². The molecule has 1 aliphatic carbocycles. The van der Waals surface area contributed by atoms with Gasteiger partial charge in [0.1, 0.15) is 0 Å². The van der Waals surface area contributed by atoms with Crippen LogP contribution in [0.4, 0.5) is 5.69 Å². The van der Waals surface area contributed by atoms with E-state index in [-0.39, 0.29) is 29.7 Å². The van der Waals surface area contributed by atoms with E-state index in [0.29, 0.717) is 28.7 Å². The lowest BCUT2D eigenvalue weighted by Gasteiger charge is -2.47. The number of amides is 2. The summed E-state index contributed by atoms with van der Waals surface area (Å²) in [4.78, 5) is 29.1. The number of carbonyl (C=O) groups is 2. The first-order valence-corrected chi connectivity index (χ1v) is 12.1. The van der Waals surface area contributed by atoms with Crippen LogP contribution in [0.3, 0.4) is 0 Å². The molecule has 1 saturated heterocycles. The van der Waals surface area contributed by atoms with Crippen LogP contribution in [0.1, 0.15) is 36.9 Å². The molecule has 2 aliphatic rings. The fraction of sp³-hybridized carbons (Fsp3) is 0.333. The third kappa shape index (κ3) is 5.02. The van der Waals surface area contributed by atoms with Gasteiger partial charge in [-0.05, 0) is 67.5 Å². The summed E-state index contributed by atoms with van der Waals surface area (Å²) >= 11 is 12.5. The number of rotatable bonds is 5. The van der Waals surface area contributed by atoms with E-state index >= 15 is 0 Å². The van der Waals surface area contributed by atoms with Crippen LogP contribution >= 0.6 is 23.2 Å². The number of hydrogen-bond donors (Lipinski definition) is 1. The van der Waals surface area contributed by atoms with Gasteiger partial charge in [-0.2, -0.15) is 0 Å². The maximum atomic E-state index is 13.9. The van der Waals surface area contributed by atoms with Crippen molar-refractivity contribution in [2.75, 3.05) is 11.9 Å². The number of benzene rings is 2. The SMILES string of the molecule is CCN1C(=O)C[C@@H](C2C=C(Cl)C=CC2)C(C(=O)Nc2cccc(Cl)c2)[C@@H]1c1ccccc1C. The average molecular weight is 483 g/mol. The number of allylic oxidation sites excluding steroid dienone is 4. The minimum absolute atomic E-state index is 0.00656. The molecule has 0 spiro atoms. The molecule has 1 heterocycles. The van der Waals surface area contributed by atoms with Gasteiger partial charge in [-0.1, -0.05) is 65.7 Å². The first-order chi connectivity index (χ1) is 15.9. The van der Waals surface area contributed by atoms with Crippen molar-refractivity contribution >= 4 is 40.7 Å². The zero-order valence-corrected chi connectivity index (χ0v) is 20.3. The van der Waals surface area contributed by atoms with Crippen LogP contribution in [-0.4, -0.2) is 23.3 Å². The van der Waals surface area contributed by atoms with E-state index in [0.717, 1.165) is 17.5 Å². The molecule has 2 amide bonds. The number of anilines is 1. The minimum Gasteiger partial charge on any atom is -0.335 e. The van der Waals surface area contributed by atoms with Crippen molar-refractivity contribution in [1.29, 1.82) is 0 Å². The molecule has 2 aromatic carbocycles. The summed E-state index contributed by atoms with van der Waals surface area (Å²) in [6, 6.07) is 14.8. The van der Waals surface area contributed by atoms with Gasteiger partial charge in [-0.3, -0.25) is 9.59 Å². The molecule has 33 heavy (non-hydrogen) atoms. The zero-order chi connectivity index (χ0) is 23.5. The molecule has 1 N–H and O–H groups in total. The van der Waals surface area contributed by atoms with Crippen molar-refractivity contribution in [2.24, 2.45) is 17.8 Å². The molecule has 0 saturated carbocycles. The summed E-state index contributed by atoms with van der Waals surface area (Å²) < 4.78 is 0. The topological polar surface area (TPSA) is 49.4 Å². The lowest BCUT2D eigenvalue weighted by molar-refractivity contribution is -0.147. The van der Waals surface area contributed by atoms with E-state index < -0.39 is 5.92 Å². The predicted octanol–water partition coefficient (Wildman–Crippen LogP) is 6.51. The largest absolute Gasteiger partial charge is 0.335 e. The Labute approximate surface area is 205 Å². The molecule has 4 rings (SSSR count). The van der Waals surface area contributed by atoms with Crippen molar-refractivity contribution in [2.45, 2.75) is 32.7 Å². The summed E-state index contributed by atoms with van der Waals surface area (Å²) in [5, 5.41) is 4.29. The summed E-state index contributed by atoms with van der Waals surface area (Å²) in [6.07, 6.45) is 6.96. The van der Waals surface area contributed by atoms with Gasteiger partial charge < -0.3 is 10.2 Å². The lowest BCUT2D eigenvalue weighted by Crippen LogP contribution is -2.52. The fourth-order valence-electron chi connectivity index (χ4n) is 5.19. The van der Waals surface area contributed by atoms with Crippen molar-refractivity contribution in [1.82, 2.24) is 4.90 Å². The van der Waals surface area contributed by atoms with Gasteiger partial charge >= 0.3 is 0 Å². The Bertz CT molecular complexity index is 1110. The number of piperidine rings is 1. The average Bonchev–Trinajstić information content (AvgIpc) is 2.78. The molecule has 6 heteroatoms. The Morgan fingerprint density at radius 1 is 1.15 bits per heavy atom. The lowest BCUT2D eigenvalue weighted by atomic mass is 9.68. The second kappa shape index (κ2) is 10.1. The number of aryl methyl sites for hydroxylation is 1. The minimum atomic E-state index is -0.444. The summed E-state index contributed by atoms with van der Waals surface area (Å²) in [5.41, 5.74) is 2.71. The first kappa shape index (κ1) is 23.6. The van der Waals surface area contributed by atoms with Gasteiger partial charge in [0.25, 0.3) is 0 Å². The normalized spacial score (nSPS) is 25.0. The standard InChI is InChI=1S/C27H28Cl2N2O2/c1-3-31-24(32)16-23(18-9-6-10-19(28)14-18)25(26(31)22-13-5-4-8-17(22)2)27(33)30-21-12-7-11-20(29)15-21/h4-8,10-15,18,23,25-26H,3,9,16H2,1-2H3,(H,30,33)/t18?,23-,25?,26-/m0/s1. The van der Waals surface area contributed by atoms with E-state index in [1.807, 2.05) is 73.4 Å². The summed E-state index contributed by atoms with van der Waals surface area (Å²) in [5.74, 6) is -0.656. The molecule has 4 atom stereocenters. The molecular formula is C27H28Cl2N2O2. The maximum absolute atomic E-state index is 13.9. The van der Waals surface area contributed by atoms with Gasteiger partial charge in [0.2, 0.25) is 11.8 Å². The number of nitrogens with one attached hydrogen (secondary N) is 1. The van der Waals surface area contributed by atoms with Gasteiger partial charge in [-0.15, -0.1) is 0 Å². The summed E-state index contributed by atoms with van der Waals surface area (Å²) in [7, 11) is 0. The Morgan fingerprint density at radius 2 is 1.94 bits per heavy atom. The van der Waals surface area contributed by atoms with E-state index in [1.54, 1.807) is 12.1 Å². The highest BCUT2D eigenvalue weighted by Crippen LogP contribution is 2.46. The Morgan fingerprint density at radius 3 is 2.64 bits per heavy atom. The smallest absolute Gasteiger partial charge is 0.230 e. The number of nitrogens with zero attached hydrogens (tertiary/aromatic N) is 1. The van der Waals surface area contributed by atoms with E-state index in [1.165, 1.54) is 0 Å². The molecule has 2 unspecified atom stereocenters. The van der Waals surface area contributed by atoms with E-state index in [9.17, 15) is 9.59 Å². The van der Waals surface area contributed by atoms with Crippen LogP contribution in [0.25, 0.3) is 0 Å². The van der Waals surface area contributed by atoms with Crippen LogP contribution < -0.4 is 5.32 Å². The number of halogens is 2. The monoisotopic (exact) mass is 482 g/mol. The predicted molar refractivity (Wildman–Crippen MR) is 134 cm³/mol. The molecular weight excluding hydrogens is 455 g/mol. The molecule has 172 valence electrons. The molecule has 2 aromatic rings. The highest BCUT2D eigenvalue weighted by molar-refractivity contribution is 6.31. The fourth-order valence-corrected chi connectivity index (χ4v) is 5.63. The Hall–Kier alpha value is -2.56. The molecule has 1 aliphatic heterocycles. The van der Waals surface area contributed by atoms with Crippen LogP contribution in [0.5, 0.6) is 0 Å².